The van der Waals surface area contributed by atoms with Crippen LogP contribution in [0.1, 0.15) is 39.2 Å². The van der Waals surface area contributed by atoms with Crippen molar-refractivity contribution in [2.45, 2.75) is 39.7 Å². The van der Waals surface area contributed by atoms with E-state index in [-0.39, 0.29) is 0 Å². The summed E-state index contributed by atoms with van der Waals surface area (Å²) in [6.07, 6.45) is 2.41. The second-order valence-corrected chi connectivity index (χ2v) is 6.37. The van der Waals surface area contributed by atoms with Gasteiger partial charge in [-0.05, 0) is 59.8 Å². The Hall–Kier alpha value is -0.610. The molecule has 1 unspecified atom stereocenters. The smallest absolute Gasteiger partial charge is 0.105 e. The largest absolute Gasteiger partial charge is 0.389 e. The van der Waals surface area contributed by atoms with Crippen molar-refractivity contribution >= 4 is 38.8 Å². The van der Waals surface area contributed by atoms with Gasteiger partial charge in [-0.15, -0.1) is 0 Å². The minimum Gasteiger partial charge on any atom is -0.389 e. The van der Waals surface area contributed by atoms with Crippen molar-refractivity contribution < 1.29 is 0 Å². The number of hydrogen-bond acceptors (Lipinski definition) is 2. The van der Waals surface area contributed by atoms with Crippen LogP contribution in [0.3, 0.4) is 0 Å². The molecule has 0 heterocycles. The van der Waals surface area contributed by atoms with E-state index in [9.17, 15) is 0 Å². The number of hydrogen-bond donors (Lipinski definition) is 2. The topological polar surface area (TPSA) is 38.0 Å². The van der Waals surface area contributed by atoms with Crippen LogP contribution >= 0.6 is 28.1 Å². The summed E-state index contributed by atoms with van der Waals surface area (Å²) >= 11 is 8.47. The molecule has 0 bridgehead atoms. The predicted octanol–water partition coefficient (Wildman–Crippen LogP) is 4.32. The molecule has 0 amide bonds. The Labute approximate surface area is 123 Å². The van der Waals surface area contributed by atoms with Crippen LogP contribution in [0, 0.1) is 5.92 Å². The summed E-state index contributed by atoms with van der Waals surface area (Å²) in [6.45, 7) is 6.71. The average molecular weight is 329 g/mol. The van der Waals surface area contributed by atoms with E-state index in [1.807, 2.05) is 18.2 Å². The lowest BCUT2D eigenvalue weighted by Crippen LogP contribution is -2.16. The summed E-state index contributed by atoms with van der Waals surface area (Å²) < 4.78 is 0.941. The Morgan fingerprint density at radius 2 is 2.00 bits per heavy atom. The average Bonchev–Trinajstić information content (AvgIpc) is 2.26. The van der Waals surface area contributed by atoms with Crippen LogP contribution in [-0.2, 0) is 0 Å². The molecule has 0 fully saturated rings. The normalized spacial score (nSPS) is 12.5. The molecule has 0 saturated heterocycles. The summed E-state index contributed by atoms with van der Waals surface area (Å²) in [4.78, 5) is 0.418. The van der Waals surface area contributed by atoms with Gasteiger partial charge in [0, 0.05) is 21.8 Å². The van der Waals surface area contributed by atoms with Gasteiger partial charge in [-0.1, -0.05) is 26.1 Å². The number of anilines is 1. The quantitative estimate of drug-likeness (QED) is 0.764. The van der Waals surface area contributed by atoms with Gasteiger partial charge in [0.25, 0.3) is 0 Å². The van der Waals surface area contributed by atoms with E-state index in [0.29, 0.717) is 11.0 Å². The van der Waals surface area contributed by atoms with E-state index >= 15 is 0 Å². The zero-order valence-corrected chi connectivity index (χ0v) is 13.6. The fourth-order valence-electron chi connectivity index (χ4n) is 1.74. The Morgan fingerprint density at radius 3 is 2.50 bits per heavy atom. The molecule has 18 heavy (non-hydrogen) atoms. The van der Waals surface area contributed by atoms with Crippen molar-refractivity contribution in [1.82, 2.24) is 0 Å². The number of nitrogens with two attached hydrogens (primary N) is 1. The van der Waals surface area contributed by atoms with Crippen LogP contribution < -0.4 is 11.1 Å². The zero-order valence-electron chi connectivity index (χ0n) is 11.2. The van der Waals surface area contributed by atoms with Crippen molar-refractivity contribution in [3.8, 4) is 0 Å². The van der Waals surface area contributed by atoms with Crippen LogP contribution in [0.25, 0.3) is 0 Å². The third-order valence-corrected chi connectivity index (χ3v) is 3.70. The summed E-state index contributed by atoms with van der Waals surface area (Å²) in [5.41, 5.74) is 7.60. The van der Waals surface area contributed by atoms with Crippen molar-refractivity contribution in [3.05, 3.63) is 28.2 Å². The minimum absolute atomic E-state index is 0.418. The van der Waals surface area contributed by atoms with Gasteiger partial charge in [0.15, 0.2) is 0 Å². The number of thiocarbonyl (C=S) groups is 1. The summed E-state index contributed by atoms with van der Waals surface area (Å²) in [6, 6.07) is 6.46. The molecule has 1 aromatic rings. The van der Waals surface area contributed by atoms with Gasteiger partial charge in [-0.2, -0.15) is 0 Å². The van der Waals surface area contributed by atoms with Crippen LogP contribution in [0.2, 0.25) is 0 Å². The van der Waals surface area contributed by atoms with Crippen molar-refractivity contribution in [3.63, 3.8) is 0 Å². The molecular formula is C14H21BrN2S. The molecule has 0 radical (unpaired) electrons. The van der Waals surface area contributed by atoms with Gasteiger partial charge in [-0.3, -0.25) is 0 Å². The lowest BCUT2D eigenvalue weighted by Gasteiger charge is -2.17. The molecule has 1 aromatic carbocycles. The highest BCUT2D eigenvalue weighted by molar-refractivity contribution is 9.10. The first kappa shape index (κ1) is 15.4. The molecule has 0 aliphatic heterocycles. The van der Waals surface area contributed by atoms with E-state index in [2.05, 4.69) is 42.0 Å². The molecule has 2 nitrogen and oxygen atoms in total. The Balaban J connectivity index is 2.63. The lowest BCUT2D eigenvalue weighted by atomic mass is 10.0. The fourth-order valence-corrected chi connectivity index (χ4v) is 2.65. The van der Waals surface area contributed by atoms with Gasteiger partial charge in [0.05, 0.1) is 0 Å². The number of rotatable bonds is 6. The summed E-state index contributed by atoms with van der Waals surface area (Å²) in [5.74, 6) is 0.748. The Kier molecular flexibility index (Phi) is 6.09. The molecule has 0 spiro atoms. The third kappa shape index (κ3) is 4.94. The standard InChI is InChI=1S/C14H21BrN2S/c1-9(2)4-5-10(3)17-11-6-7-12(14(16)18)13(15)8-11/h6-10,17H,4-5H2,1-3H3,(H2,16,18). The summed E-state index contributed by atoms with van der Waals surface area (Å²) in [5, 5.41) is 3.49. The maximum Gasteiger partial charge on any atom is 0.105 e. The maximum absolute atomic E-state index is 5.63. The van der Waals surface area contributed by atoms with Gasteiger partial charge in [-0.25, -0.2) is 0 Å². The highest BCUT2D eigenvalue weighted by Crippen LogP contribution is 2.22. The van der Waals surface area contributed by atoms with E-state index in [1.54, 1.807) is 0 Å². The van der Waals surface area contributed by atoms with E-state index in [4.69, 9.17) is 18.0 Å². The molecule has 1 atom stereocenters. The van der Waals surface area contributed by atoms with Crippen molar-refractivity contribution in [2.75, 3.05) is 5.32 Å². The molecule has 3 N–H and O–H groups in total. The maximum atomic E-state index is 5.63. The summed E-state index contributed by atoms with van der Waals surface area (Å²) in [7, 11) is 0. The molecule has 4 heteroatoms. The fraction of sp³-hybridized carbons (Fsp3) is 0.500. The minimum atomic E-state index is 0.418. The molecular weight excluding hydrogens is 308 g/mol. The first-order valence-electron chi connectivity index (χ1n) is 6.26. The molecule has 0 aliphatic carbocycles. The molecule has 0 aliphatic rings. The highest BCUT2D eigenvalue weighted by atomic mass is 79.9. The highest BCUT2D eigenvalue weighted by Gasteiger charge is 2.07. The monoisotopic (exact) mass is 328 g/mol. The van der Waals surface area contributed by atoms with Gasteiger partial charge in [0.1, 0.15) is 4.99 Å². The second-order valence-electron chi connectivity index (χ2n) is 5.08. The van der Waals surface area contributed by atoms with Crippen LogP contribution in [0.15, 0.2) is 22.7 Å². The van der Waals surface area contributed by atoms with Crippen molar-refractivity contribution in [2.24, 2.45) is 11.7 Å². The predicted molar refractivity (Wildman–Crippen MR) is 87.2 cm³/mol. The lowest BCUT2D eigenvalue weighted by molar-refractivity contribution is 0.528. The SMILES string of the molecule is CC(C)CCC(C)Nc1ccc(C(N)=S)c(Br)c1. The molecule has 1 rings (SSSR count). The number of benzene rings is 1. The Morgan fingerprint density at radius 1 is 1.33 bits per heavy atom. The van der Waals surface area contributed by atoms with E-state index < -0.39 is 0 Å². The van der Waals surface area contributed by atoms with Crippen LogP contribution in [0.4, 0.5) is 5.69 Å². The van der Waals surface area contributed by atoms with E-state index in [0.717, 1.165) is 21.6 Å². The Bertz CT molecular complexity index is 418. The molecule has 0 saturated carbocycles. The number of halogens is 1. The number of nitrogens with one attached hydrogen (secondary N) is 1. The van der Waals surface area contributed by atoms with Crippen LogP contribution in [0.5, 0.6) is 0 Å². The second kappa shape index (κ2) is 7.10. The first-order valence-corrected chi connectivity index (χ1v) is 7.46. The van der Waals surface area contributed by atoms with Crippen molar-refractivity contribution in [1.29, 1.82) is 0 Å². The van der Waals surface area contributed by atoms with Gasteiger partial charge < -0.3 is 11.1 Å². The third-order valence-electron chi connectivity index (χ3n) is 2.82. The van der Waals surface area contributed by atoms with Gasteiger partial charge >= 0.3 is 0 Å². The van der Waals surface area contributed by atoms with E-state index in [1.165, 1.54) is 12.8 Å². The molecule has 0 aromatic heterocycles. The molecule has 100 valence electrons. The first-order chi connectivity index (χ1) is 8.40. The van der Waals surface area contributed by atoms with Crippen LogP contribution in [-0.4, -0.2) is 11.0 Å². The zero-order chi connectivity index (χ0) is 13.7. The van der Waals surface area contributed by atoms with Gasteiger partial charge in [0.2, 0.25) is 0 Å².